The molecule has 1 atom stereocenters. The largest absolute Gasteiger partial charge is 0.465 e. The smallest absolute Gasteiger partial charge is 0.407 e. The van der Waals surface area contributed by atoms with Crippen LogP contribution in [0.4, 0.5) is 25.1 Å². The molecular weight excluding hydrogens is 516 g/mol. The van der Waals surface area contributed by atoms with Gasteiger partial charge in [0.15, 0.2) is 5.82 Å². The molecule has 0 bridgehead atoms. The summed E-state index contributed by atoms with van der Waals surface area (Å²) in [6.07, 6.45) is 1.55. The van der Waals surface area contributed by atoms with E-state index in [2.05, 4.69) is 17.0 Å². The molecule has 9 nitrogen and oxygen atoms in total. The number of aryl methyl sites for hydroxylation is 1. The van der Waals surface area contributed by atoms with Gasteiger partial charge in [-0.1, -0.05) is 12.1 Å². The number of nitrogens with zero attached hydrogens (tertiary/aromatic N) is 5. The molecule has 38 heavy (non-hydrogen) atoms. The topological polar surface area (TPSA) is 104 Å². The number of carboxylic acid groups (broad SMARTS) is 1. The molecule has 206 valence electrons. The highest BCUT2D eigenvalue weighted by atomic mass is 32.3. The quantitative estimate of drug-likeness (QED) is 0.464. The predicted octanol–water partition coefficient (Wildman–Crippen LogP) is 5.27. The molecule has 4 aliphatic rings. The van der Waals surface area contributed by atoms with Crippen molar-refractivity contribution in [2.75, 3.05) is 41.8 Å². The van der Waals surface area contributed by atoms with Crippen molar-refractivity contribution >= 4 is 28.6 Å². The van der Waals surface area contributed by atoms with E-state index in [0.29, 0.717) is 23.7 Å². The average molecular weight is 550 g/mol. The summed E-state index contributed by atoms with van der Waals surface area (Å²) in [4.78, 5) is 20.2. The van der Waals surface area contributed by atoms with Gasteiger partial charge in [-0.3, -0.25) is 14.0 Å². The van der Waals surface area contributed by atoms with Crippen LogP contribution in [0.3, 0.4) is 0 Å². The van der Waals surface area contributed by atoms with Crippen molar-refractivity contribution in [2.24, 2.45) is 5.92 Å². The molecule has 2 saturated heterocycles. The Morgan fingerprint density at radius 2 is 1.82 bits per heavy atom. The Morgan fingerprint density at radius 1 is 1.13 bits per heavy atom. The molecule has 1 aromatic carbocycles. The van der Waals surface area contributed by atoms with E-state index in [4.69, 9.17) is 4.98 Å². The predicted molar refractivity (Wildman–Crippen MR) is 143 cm³/mol. The first kappa shape index (κ1) is 25.6. The molecule has 4 heterocycles. The summed E-state index contributed by atoms with van der Waals surface area (Å²) in [5, 5.41) is 9.44. The fraction of sp³-hybridized carbons (Fsp3) is 0.538. The molecule has 1 aromatic heterocycles. The van der Waals surface area contributed by atoms with E-state index in [1.54, 1.807) is 17.0 Å². The van der Waals surface area contributed by atoms with Crippen molar-refractivity contribution < 1.29 is 27.8 Å². The summed E-state index contributed by atoms with van der Waals surface area (Å²) < 4.78 is 51.3. The van der Waals surface area contributed by atoms with Gasteiger partial charge in [-0.25, -0.2) is 27.2 Å². The van der Waals surface area contributed by atoms with Gasteiger partial charge in [-0.05, 0) is 66.5 Å². The Balaban J connectivity index is 1.20. The number of halogens is 2. The van der Waals surface area contributed by atoms with Crippen LogP contribution in [0.25, 0.3) is 11.3 Å². The van der Waals surface area contributed by atoms with E-state index in [-0.39, 0.29) is 18.5 Å². The maximum absolute atomic E-state index is 13.6. The third-order valence-electron chi connectivity index (χ3n) is 8.80. The molecule has 6 rings (SSSR count). The van der Waals surface area contributed by atoms with Gasteiger partial charge in [-0.2, -0.15) is 0 Å². The van der Waals surface area contributed by atoms with E-state index in [0.717, 1.165) is 55.6 Å². The van der Waals surface area contributed by atoms with Crippen LogP contribution >= 0.6 is 11.0 Å². The van der Waals surface area contributed by atoms with Crippen LogP contribution in [0.15, 0.2) is 30.3 Å². The van der Waals surface area contributed by atoms with E-state index in [1.165, 1.54) is 15.7 Å². The summed E-state index contributed by atoms with van der Waals surface area (Å²) in [5.41, 5.74) is 3.98. The lowest BCUT2D eigenvalue weighted by Crippen LogP contribution is -2.65. The number of fused-ring (bicyclic) bond motifs is 1. The molecule has 2 aromatic rings. The second kappa shape index (κ2) is 8.67. The number of likely N-dealkylation sites (tertiary alicyclic amines) is 2. The zero-order valence-electron chi connectivity index (χ0n) is 21.5. The van der Waals surface area contributed by atoms with Gasteiger partial charge >= 0.3 is 6.09 Å². The number of aromatic nitrogens is 1. The van der Waals surface area contributed by atoms with Crippen molar-refractivity contribution in [3.05, 3.63) is 41.5 Å². The number of pyridine rings is 1. The Morgan fingerprint density at radius 3 is 2.42 bits per heavy atom. The van der Waals surface area contributed by atoms with E-state index >= 15 is 0 Å². The highest BCUT2D eigenvalue weighted by Gasteiger charge is 2.59. The van der Waals surface area contributed by atoms with Gasteiger partial charge in [0, 0.05) is 57.7 Å². The van der Waals surface area contributed by atoms with Crippen molar-refractivity contribution in [1.29, 1.82) is 0 Å². The minimum absolute atomic E-state index is 0.135. The summed E-state index contributed by atoms with van der Waals surface area (Å²) in [6, 6.07) is 9.76. The first-order valence-corrected chi connectivity index (χ1v) is 14.4. The molecule has 1 amide bonds. The van der Waals surface area contributed by atoms with Crippen molar-refractivity contribution in [1.82, 2.24) is 14.8 Å². The Hall–Kier alpha value is -2.67. The fourth-order valence-electron chi connectivity index (χ4n) is 6.07. The molecule has 3 fully saturated rings. The number of benzene rings is 1. The third kappa shape index (κ3) is 4.09. The third-order valence-corrected chi connectivity index (χ3v) is 10.6. The van der Waals surface area contributed by atoms with E-state index in [1.807, 2.05) is 13.0 Å². The fourth-order valence-corrected chi connectivity index (χ4v) is 7.52. The molecule has 12 heteroatoms. The van der Waals surface area contributed by atoms with Crippen LogP contribution in [0.5, 0.6) is 0 Å². The Bertz CT molecular complexity index is 1290. The van der Waals surface area contributed by atoms with Crippen LogP contribution in [-0.4, -0.2) is 79.8 Å². The first-order chi connectivity index (χ1) is 17.9. The molecule has 1 unspecified atom stereocenters. The molecule has 0 radical (unpaired) electrons. The summed E-state index contributed by atoms with van der Waals surface area (Å²) in [6.45, 7) is 4.90. The van der Waals surface area contributed by atoms with Gasteiger partial charge < -0.3 is 10.0 Å². The minimum atomic E-state index is -3.46. The Kier molecular flexibility index (Phi) is 5.84. The van der Waals surface area contributed by atoms with Crippen LogP contribution in [-0.2, 0) is 6.54 Å². The van der Waals surface area contributed by atoms with Crippen molar-refractivity contribution in [3.63, 3.8) is 0 Å². The number of rotatable bonds is 5. The average Bonchev–Trinajstić information content (AvgIpc) is 3.42. The number of anilines is 2. The molecule has 3 aliphatic heterocycles. The summed E-state index contributed by atoms with van der Waals surface area (Å²) in [7, 11) is -1.94. The molecule has 1 saturated carbocycles. The standard InChI is InChI=1S/C26H33F2N5O4S/c1-17-3-4-18(15-31-10-7-25(8-11-31)9-12-32(25)24(34)35)13-20(17)21-5-6-22-23(29-21)30(2)38(36,37)33(22)16-19-14-26(19,27)28/h3-6,13,19,36-37H,7-12,14-16H2,1-2H3,(H,34,35). The first-order valence-electron chi connectivity index (χ1n) is 12.9. The number of carbonyl (C=O) groups is 1. The molecule has 1 aliphatic carbocycles. The normalized spacial score (nSPS) is 25.7. The summed E-state index contributed by atoms with van der Waals surface area (Å²) >= 11 is 0. The second-order valence-electron chi connectivity index (χ2n) is 11.1. The van der Waals surface area contributed by atoms with Gasteiger partial charge in [-0.15, -0.1) is 0 Å². The van der Waals surface area contributed by atoms with Crippen LogP contribution in [0.2, 0.25) is 0 Å². The number of alkyl halides is 2. The highest BCUT2D eigenvalue weighted by Crippen LogP contribution is 2.62. The highest BCUT2D eigenvalue weighted by molar-refractivity contribution is 8.26. The lowest BCUT2D eigenvalue weighted by atomic mass is 9.76. The monoisotopic (exact) mass is 549 g/mol. The van der Waals surface area contributed by atoms with Gasteiger partial charge in [0.2, 0.25) is 0 Å². The molecular formula is C26H33F2N5O4S. The lowest BCUT2D eigenvalue weighted by molar-refractivity contribution is -0.0424. The van der Waals surface area contributed by atoms with Crippen molar-refractivity contribution in [3.8, 4) is 11.3 Å². The van der Waals surface area contributed by atoms with E-state index < -0.39 is 28.9 Å². The van der Waals surface area contributed by atoms with Gasteiger partial charge in [0.1, 0.15) is 5.69 Å². The zero-order valence-corrected chi connectivity index (χ0v) is 22.3. The number of hydrogen-bond donors (Lipinski definition) is 3. The zero-order chi connectivity index (χ0) is 27.0. The number of amides is 1. The Labute approximate surface area is 222 Å². The number of piperidine rings is 1. The van der Waals surface area contributed by atoms with Crippen LogP contribution in [0, 0.1) is 12.8 Å². The minimum Gasteiger partial charge on any atom is -0.465 e. The maximum Gasteiger partial charge on any atom is 0.407 e. The van der Waals surface area contributed by atoms with E-state index in [9.17, 15) is 27.8 Å². The second-order valence-corrected chi connectivity index (χ2v) is 13.1. The number of hydrogen-bond acceptors (Lipinski definition) is 7. The van der Waals surface area contributed by atoms with Crippen LogP contribution in [0.1, 0.15) is 36.8 Å². The maximum atomic E-state index is 13.6. The van der Waals surface area contributed by atoms with Crippen molar-refractivity contribution in [2.45, 2.75) is 50.6 Å². The molecule has 1 spiro atoms. The lowest BCUT2D eigenvalue weighted by Gasteiger charge is -2.55. The molecule has 3 N–H and O–H groups in total. The van der Waals surface area contributed by atoms with Crippen LogP contribution < -0.4 is 8.61 Å². The summed E-state index contributed by atoms with van der Waals surface area (Å²) in [5.74, 6) is -3.29. The van der Waals surface area contributed by atoms with Gasteiger partial charge in [0.25, 0.3) is 5.92 Å². The SMILES string of the molecule is Cc1ccc(CN2CCC3(CC2)CCN3C(=O)O)cc1-c1ccc2c(n1)N(C)S(O)(O)N2CC1CC1(F)F. The van der Waals surface area contributed by atoms with Gasteiger partial charge in [0.05, 0.1) is 11.2 Å².